The first kappa shape index (κ1) is 22.6. The fraction of sp³-hybridized carbons (Fsp3) is 0.115. The number of benzene rings is 3. The molecule has 0 saturated carbocycles. The number of hydrogen-bond acceptors (Lipinski definition) is 5. The third kappa shape index (κ3) is 4.75. The summed E-state index contributed by atoms with van der Waals surface area (Å²) in [6, 6.07) is 22.4. The van der Waals surface area contributed by atoms with Crippen molar-refractivity contribution in [3.8, 4) is 11.3 Å². The predicted octanol–water partition coefficient (Wildman–Crippen LogP) is 4.03. The third-order valence-electron chi connectivity index (χ3n) is 5.64. The molecular weight excluding hydrogens is 428 g/mol. The zero-order chi connectivity index (χ0) is 24.1. The van der Waals surface area contributed by atoms with Crippen LogP contribution in [0.5, 0.6) is 0 Å². The molecule has 8 nitrogen and oxygen atoms in total. The van der Waals surface area contributed by atoms with Gasteiger partial charge in [-0.25, -0.2) is 4.98 Å². The van der Waals surface area contributed by atoms with Crippen LogP contribution in [0.3, 0.4) is 0 Å². The molecule has 0 saturated heterocycles. The monoisotopic (exact) mass is 454 g/mol. The summed E-state index contributed by atoms with van der Waals surface area (Å²) in [5.74, 6) is 0.230. The van der Waals surface area contributed by atoms with Gasteiger partial charge < -0.3 is 27.0 Å². The molecule has 0 aliphatic heterocycles. The van der Waals surface area contributed by atoms with E-state index in [4.69, 9.17) is 16.7 Å². The molecular formula is C26H26N6O2. The van der Waals surface area contributed by atoms with Gasteiger partial charge in [0.1, 0.15) is 11.9 Å². The molecule has 34 heavy (non-hydrogen) atoms. The fourth-order valence-corrected chi connectivity index (χ4v) is 3.82. The number of amides is 1. The average molecular weight is 455 g/mol. The van der Waals surface area contributed by atoms with Crippen molar-refractivity contribution in [2.24, 2.45) is 16.6 Å². The molecule has 0 bridgehead atoms. The number of aromatic amines is 1. The molecule has 0 aliphatic rings. The van der Waals surface area contributed by atoms with Crippen LogP contribution in [0, 0.1) is 0 Å². The summed E-state index contributed by atoms with van der Waals surface area (Å²) in [6.07, 6.45) is 2.61. The highest BCUT2D eigenvalue weighted by Crippen LogP contribution is 2.29. The Morgan fingerprint density at radius 3 is 2.56 bits per heavy atom. The molecule has 1 aromatic heterocycles. The highest BCUT2D eigenvalue weighted by Gasteiger charge is 2.20. The van der Waals surface area contributed by atoms with Crippen LogP contribution in [0.1, 0.15) is 45.8 Å². The quantitative estimate of drug-likeness (QED) is 0.118. The third-order valence-corrected chi connectivity index (χ3v) is 5.64. The Balaban J connectivity index is 1.73. The Bertz CT molecular complexity index is 1330. The van der Waals surface area contributed by atoms with E-state index < -0.39 is 5.91 Å². The van der Waals surface area contributed by atoms with Gasteiger partial charge in [0.25, 0.3) is 0 Å². The lowest BCUT2D eigenvalue weighted by atomic mass is 10.0. The number of carbonyl (C=O) groups is 1. The van der Waals surface area contributed by atoms with E-state index in [1.54, 1.807) is 30.5 Å². The van der Waals surface area contributed by atoms with Gasteiger partial charge in [0, 0.05) is 22.4 Å². The van der Waals surface area contributed by atoms with Crippen LogP contribution in [-0.2, 0) is 6.42 Å². The van der Waals surface area contributed by atoms with Gasteiger partial charge in [0.15, 0.2) is 5.84 Å². The highest BCUT2D eigenvalue weighted by molar-refractivity contribution is 5.99. The van der Waals surface area contributed by atoms with Crippen LogP contribution in [0.2, 0.25) is 0 Å². The van der Waals surface area contributed by atoms with E-state index >= 15 is 0 Å². The summed E-state index contributed by atoms with van der Waals surface area (Å²) in [7, 11) is 0. The Kier molecular flexibility index (Phi) is 6.59. The number of nitrogens with one attached hydrogen (secondary N) is 2. The van der Waals surface area contributed by atoms with Crippen molar-refractivity contribution in [3.63, 3.8) is 0 Å². The average Bonchev–Trinajstić information content (AvgIpc) is 3.37. The van der Waals surface area contributed by atoms with E-state index in [0.717, 1.165) is 17.7 Å². The number of rotatable bonds is 8. The lowest BCUT2D eigenvalue weighted by molar-refractivity contribution is 0.100. The van der Waals surface area contributed by atoms with E-state index in [0.29, 0.717) is 28.2 Å². The van der Waals surface area contributed by atoms with Crippen LogP contribution in [0.4, 0.5) is 5.69 Å². The number of anilines is 1. The molecule has 1 heterocycles. The van der Waals surface area contributed by atoms with Crippen molar-refractivity contribution in [1.82, 2.24) is 9.97 Å². The zero-order valence-corrected chi connectivity index (χ0v) is 18.7. The molecule has 0 aliphatic carbocycles. The van der Waals surface area contributed by atoms with Crippen LogP contribution in [0.15, 0.2) is 84.1 Å². The lowest BCUT2D eigenvalue weighted by Gasteiger charge is -2.20. The Hall–Kier alpha value is -4.59. The minimum Gasteiger partial charge on any atom is -0.409 e. The maximum atomic E-state index is 11.9. The molecule has 0 fully saturated rings. The first-order chi connectivity index (χ1) is 16.5. The normalized spacial score (nSPS) is 12.3. The van der Waals surface area contributed by atoms with Gasteiger partial charge >= 0.3 is 0 Å². The van der Waals surface area contributed by atoms with E-state index in [9.17, 15) is 4.79 Å². The lowest BCUT2D eigenvalue weighted by Crippen LogP contribution is -2.15. The number of primary amides is 1. The van der Waals surface area contributed by atoms with Crippen molar-refractivity contribution < 1.29 is 10.0 Å². The molecule has 172 valence electrons. The van der Waals surface area contributed by atoms with Gasteiger partial charge in [0.2, 0.25) is 5.91 Å². The molecule has 0 spiro atoms. The van der Waals surface area contributed by atoms with Crippen molar-refractivity contribution in [2.75, 3.05) is 5.32 Å². The topological polar surface area (TPSA) is 142 Å². The number of amidine groups is 1. The predicted molar refractivity (Wildman–Crippen MR) is 133 cm³/mol. The van der Waals surface area contributed by atoms with Crippen molar-refractivity contribution in [2.45, 2.75) is 19.4 Å². The number of nitrogens with two attached hydrogens (primary N) is 2. The Morgan fingerprint density at radius 2 is 1.85 bits per heavy atom. The van der Waals surface area contributed by atoms with Gasteiger partial charge in [-0.1, -0.05) is 54.5 Å². The number of aromatic nitrogens is 2. The second-order valence-electron chi connectivity index (χ2n) is 7.83. The van der Waals surface area contributed by atoms with Crippen LogP contribution in [0.25, 0.3) is 11.3 Å². The first-order valence-electron chi connectivity index (χ1n) is 10.9. The van der Waals surface area contributed by atoms with Gasteiger partial charge in [-0.2, -0.15) is 0 Å². The number of nitrogens with zero attached hydrogens (tertiary/aromatic N) is 2. The number of imidazole rings is 1. The maximum absolute atomic E-state index is 11.9. The molecule has 8 heteroatoms. The minimum atomic E-state index is -0.497. The molecule has 7 N–H and O–H groups in total. The summed E-state index contributed by atoms with van der Waals surface area (Å²) < 4.78 is 0. The van der Waals surface area contributed by atoms with Crippen LogP contribution >= 0.6 is 0 Å². The van der Waals surface area contributed by atoms with E-state index in [1.165, 1.54) is 5.56 Å². The second kappa shape index (κ2) is 9.91. The fourth-order valence-electron chi connectivity index (χ4n) is 3.82. The Labute approximate surface area is 197 Å². The minimum absolute atomic E-state index is 0.0440. The van der Waals surface area contributed by atoms with Gasteiger partial charge in [-0.05, 0) is 47.9 Å². The molecule has 1 amide bonds. The molecule has 4 aromatic rings. The molecule has 4 rings (SSSR count). The SMILES string of the molecule is CCc1cccc(C(Nc2ccc(/C(N)=N/O)cc2)c2ncc(-c3ccccc3C(N)=O)[nH]2)c1. The van der Waals surface area contributed by atoms with Gasteiger partial charge in [-0.3, -0.25) is 4.79 Å². The molecule has 1 atom stereocenters. The molecule has 0 radical (unpaired) electrons. The molecule has 1 unspecified atom stereocenters. The zero-order valence-electron chi connectivity index (χ0n) is 18.7. The largest absolute Gasteiger partial charge is 0.409 e. The molecule has 3 aromatic carbocycles. The standard InChI is InChI=1S/C26H26N6O2/c1-2-16-6-5-7-18(14-16)23(30-19-12-10-17(11-13-19)24(27)32-34)26-29-15-22(31-26)20-8-3-4-9-21(20)25(28)33/h3-15,23,30,34H,2H2,1H3,(H2,27,32)(H2,28,33)(H,29,31). The maximum Gasteiger partial charge on any atom is 0.249 e. The first-order valence-corrected chi connectivity index (χ1v) is 10.9. The van der Waals surface area contributed by atoms with E-state index in [1.807, 2.05) is 36.4 Å². The summed E-state index contributed by atoms with van der Waals surface area (Å²) in [4.78, 5) is 19.9. The number of aryl methyl sites for hydroxylation is 1. The van der Waals surface area contributed by atoms with Crippen molar-refractivity contribution in [3.05, 3.63) is 107 Å². The van der Waals surface area contributed by atoms with Gasteiger partial charge in [0.05, 0.1) is 11.9 Å². The second-order valence-corrected chi connectivity index (χ2v) is 7.83. The number of hydrogen-bond donors (Lipinski definition) is 5. The number of oxime groups is 1. The summed E-state index contributed by atoms with van der Waals surface area (Å²) in [5.41, 5.74) is 16.7. The van der Waals surface area contributed by atoms with Crippen LogP contribution < -0.4 is 16.8 Å². The summed E-state index contributed by atoms with van der Waals surface area (Å²) in [6.45, 7) is 2.11. The smallest absolute Gasteiger partial charge is 0.249 e. The summed E-state index contributed by atoms with van der Waals surface area (Å²) in [5, 5.41) is 15.5. The van der Waals surface area contributed by atoms with Crippen molar-refractivity contribution >= 4 is 17.4 Å². The number of H-pyrrole nitrogens is 1. The summed E-state index contributed by atoms with van der Waals surface area (Å²) >= 11 is 0. The van der Waals surface area contributed by atoms with Gasteiger partial charge in [-0.15, -0.1) is 0 Å². The Morgan fingerprint density at radius 1 is 1.09 bits per heavy atom. The number of carbonyl (C=O) groups excluding carboxylic acids is 1. The van der Waals surface area contributed by atoms with Crippen LogP contribution in [-0.4, -0.2) is 26.9 Å². The highest BCUT2D eigenvalue weighted by atomic mass is 16.4. The van der Waals surface area contributed by atoms with Crippen molar-refractivity contribution in [1.29, 1.82) is 0 Å². The van der Waals surface area contributed by atoms with E-state index in [2.05, 4.69) is 39.5 Å². The van der Waals surface area contributed by atoms with E-state index in [-0.39, 0.29) is 11.9 Å².